The fourth-order valence-corrected chi connectivity index (χ4v) is 1.53. The van der Waals surface area contributed by atoms with Crippen molar-refractivity contribution in [3.05, 3.63) is 29.8 Å². The Morgan fingerprint density at radius 3 is 2.62 bits per heavy atom. The van der Waals surface area contributed by atoms with Gasteiger partial charge in [0.1, 0.15) is 11.5 Å². The van der Waals surface area contributed by atoms with Crippen LogP contribution in [0.2, 0.25) is 0 Å². The molecule has 16 heavy (non-hydrogen) atoms. The molecule has 0 aliphatic rings. The van der Waals surface area contributed by atoms with Crippen LogP contribution >= 0.6 is 0 Å². The highest BCUT2D eigenvalue weighted by Gasteiger charge is 2.06. The second-order valence-electron chi connectivity index (χ2n) is 3.53. The van der Waals surface area contributed by atoms with Crippen LogP contribution in [0.25, 0.3) is 5.57 Å². The standard InChI is InChI=1S/C13H19NO2/c1-10(5-4-8-14)12-9-11(15-2)6-7-13(12)16-3/h5-7,9H,4,8,14H2,1-3H3/b10-5+. The summed E-state index contributed by atoms with van der Waals surface area (Å²) in [6.45, 7) is 2.70. The van der Waals surface area contributed by atoms with Gasteiger partial charge in [0.25, 0.3) is 0 Å². The summed E-state index contributed by atoms with van der Waals surface area (Å²) in [5.74, 6) is 1.68. The maximum absolute atomic E-state index is 5.48. The fraction of sp³-hybridized carbons (Fsp3) is 0.385. The van der Waals surface area contributed by atoms with E-state index in [-0.39, 0.29) is 0 Å². The summed E-state index contributed by atoms with van der Waals surface area (Å²) >= 11 is 0. The van der Waals surface area contributed by atoms with Crippen molar-refractivity contribution in [1.29, 1.82) is 0 Å². The van der Waals surface area contributed by atoms with Crippen molar-refractivity contribution in [3.63, 3.8) is 0 Å². The third kappa shape index (κ3) is 3.00. The molecule has 0 unspecified atom stereocenters. The highest BCUT2D eigenvalue weighted by atomic mass is 16.5. The third-order valence-corrected chi connectivity index (χ3v) is 2.45. The van der Waals surface area contributed by atoms with Gasteiger partial charge in [-0.15, -0.1) is 0 Å². The molecule has 0 amide bonds. The van der Waals surface area contributed by atoms with Crippen molar-refractivity contribution >= 4 is 5.57 Å². The topological polar surface area (TPSA) is 44.5 Å². The van der Waals surface area contributed by atoms with Gasteiger partial charge in [0.2, 0.25) is 0 Å². The van der Waals surface area contributed by atoms with Gasteiger partial charge in [-0.25, -0.2) is 0 Å². The monoisotopic (exact) mass is 221 g/mol. The Morgan fingerprint density at radius 1 is 1.31 bits per heavy atom. The van der Waals surface area contributed by atoms with Crippen LogP contribution in [0.3, 0.4) is 0 Å². The number of benzene rings is 1. The fourth-order valence-electron chi connectivity index (χ4n) is 1.53. The maximum atomic E-state index is 5.48. The van der Waals surface area contributed by atoms with Crippen LogP contribution in [0, 0.1) is 0 Å². The van der Waals surface area contributed by atoms with Gasteiger partial charge in [0.05, 0.1) is 14.2 Å². The van der Waals surface area contributed by atoms with Crippen LogP contribution < -0.4 is 15.2 Å². The number of hydrogen-bond acceptors (Lipinski definition) is 3. The molecule has 0 heterocycles. The zero-order valence-corrected chi connectivity index (χ0v) is 10.1. The van der Waals surface area contributed by atoms with E-state index in [9.17, 15) is 0 Å². The van der Waals surface area contributed by atoms with Crippen molar-refractivity contribution in [2.75, 3.05) is 20.8 Å². The lowest BCUT2D eigenvalue weighted by molar-refractivity contribution is 0.402. The van der Waals surface area contributed by atoms with Crippen LogP contribution in [0.15, 0.2) is 24.3 Å². The summed E-state index contributed by atoms with van der Waals surface area (Å²) < 4.78 is 10.5. The molecule has 0 atom stereocenters. The number of ether oxygens (including phenoxy) is 2. The molecule has 2 N–H and O–H groups in total. The van der Waals surface area contributed by atoms with Crippen LogP contribution in [0.4, 0.5) is 0 Å². The van der Waals surface area contributed by atoms with Gasteiger partial charge in [0.15, 0.2) is 0 Å². The average Bonchev–Trinajstić information content (AvgIpc) is 2.35. The van der Waals surface area contributed by atoms with Crippen LogP contribution in [-0.2, 0) is 0 Å². The minimum atomic E-state index is 0.656. The van der Waals surface area contributed by atoms with E-state index in [1.807, 2.05) is 25.1 Å². The summed E-state index contributed by atoms with van der Waals surface area (Å²) in [5.41, 5.74) is 7.69. The zero-order valence-electron chi connectivity index (χ0n) is 10.1. The molecule has 3 nitrogen and oxygen atoms in total. The van der Waals surface area contributed by atoms with Crippen LogP contribution in [0.5, 0.6) is 11.5 Å². The maximum Gasteiger partial charge on any atom is 0.126 e. The lowest BCUT2D eigenvalue weighted by Crippen LogP contribution is -1.97. The Balaban J connectivity index is 3.07. The second kappa shape index (κ2) is 6.18. The van der Waals surface area contributed by atoms with Crippen LogP contribution in [0.1, 0.15) is 18.9 Å². The molecule has 3 heteroatoms. The van der Waals surface area contributed by atoms with E-state index in [1.165, 1.54) is 0 Å². The van der Waals surface area contributed by atoms with Crippen molar-refractivity contribution in [1.82, 2.24) is 0 Å². The van der Waals surface area contributed by atoms with Crippen molar-refractivity contribution in [2.45, 2.75) is 13.3 Å². The number of allylic oxidation sites excluding steroid dienone is 1. The zero-order chi connectivity index (χ0) is 12.0. The Labute approximate surface area is 96.9 Å². The number of nitrogens with two attached hydrogens (primary N) is 1. The summed E-state index contributed by atoms with van der Waals surface area (Å²) in [6.07, 6.45) is 2.98. The van der Waals surface area contributed by atoms with Gasteiger partial charge in [-0.05, 0) is 43.7 Å². The molecule has 0 aliphatic carbocycles. The molecule has 0 aliphatic heterocycles. The molecular formula is C13H19NO2. The summed E-state index contributed by atoms with van der Waals surface area (Å²) in [4.78, 5) is 0. The number of hydrogen-bond donors (Lipinski definition) is 1. The molecule has 0 saturated carbocycles. The lowest BCUT2D eigenvalue weighted by Gasteiger charge is -2.10. The SMILES string of the molecule is COc1ccc(OC)c(/C(C)=C/CCN)c1. The normalized spacial score (nSPS) is 11.4. The Hall–Kier alpha value is -1.48. The minimum absolute atomic E-state index is 0.656. The molecule has 1 aromatic rings. The number of rotatable bonds is 5. The van der Waals surface area contributed by atoms with E-state index in [0.717, 1.165) is 29.1 Å². The average molecular weight is 221 g/mol. The van der Waals surface area contributed by atoms with Gasteiger partial charge in [-0.2, -0.15) is 0 Å². The van der Waals surface area contributed by atoms with Crippen molar-refractivity contribution < 1.29 is 9.47 Å². The highest BCUT2D eigenvalue weighted by molar-refractivity contribution is 5.70. The Kier molecular flexibility index (Phi) is 4.86. The van der Waals surface area contributed by atoms with E-state index in [0.29, 0.717) is 6.54 Å². The summed E-state index contributed by atoms with van der Waals surface area (Å²) in [7, 11) is 3.33. The van der Waals surface area contributed by atoms with E-state index in [1.54, 1.807) is 14.2 Å². The first-order valence-corrected chi connectivity index (χ1v) is 5.32. The Bertz CT molecular complexity index is 372. The smallest absolute Gasteiger partial charge is 0.126 e. The van der Waals surface area contributed by atoms with E-state index in [2.05, 4.69) is 6.08 Å². The lowest BCUT2D eigenvalue weighted by atomic mass is 10.0. The first kappa shape index (κ1) is 12.6. The predicted molar refractivity (Wildman–Crippen MR) is 66.9 cm³/mol. The largest absolute Gasteiger partial charge is 0.497 e. The van der Waals surface area contributed by atoms with Crippen molar-refractivity contribution in [3.8, 4) is 11.5 Å². The molecule has 0 bridgehead atoms. The van der Waals surface area contributed by atoms with Gasteiger partial charge in [0, 0.05) is 5.56 Å². The summed E-state index contributed by atoms with van der Waals surface area (Å²) in [6, 6.07) is 5.77. The summed E-state index contributed by atoms with van der Waals surface area (Å²) in [5, 5.41) is 0. The highest BCUT2D eigenvalue weighted by Crippen LogP contribution is 2.29. The molecule has 1 aromatic carbocycles. The first-order valence-electron chi connectivity index (χ1n) is 5.32. The second-order valence-corrected chi connectivity index (χ2v) is 3.53. The quantitative estimate of drug-likeness (QED) is 0.830. The molecule has 88 valence electrons. The van der Waals surface area contributed by atoms with Gasteiger partial charge >= 0.3 is 0 Å². The van der Waals surface area contributed by atoms with Gasteiger partial charge in [-0.3, -0.25) is 0 Å². The number of methoxy groups -OCH3 is 2. The van der Waals surface area contributed by atoms with E-state index >= 15 is 0 Å². The van der Waals surface area contributed by atoms with E-state index < -0.39 is 0 Å². The van der Waals surface area contributed by atoms with Gasteiger partial charge in [-0.1, -0.05) is 6.08 Å². The molecular weight excluding hydrogens is 202 g/mol. The Morgan fingerprint density at radius 2 is 2.06 bits per heavy atom. The van der Waals surface area contributed by atoms with Gasteiger partial charge < -0.3 is 15.2 Å². The molecule has 1 rings (SSSR count). The predicted octanol–water partition coefficient (Wildman–Crippen LogP) is 2.46. The first-order chi connectivity index (χ1) is 7.72. The van der Waals surface area contributed by atoms with Crippen LogP contribution in [-0.4, -0.2) is 20.8 Å². The van der Waals surface area contributed by atoms with Crippen molar-refractivity contribution in [2.24, 2.45) is 5.73 Å². The molecule has 0 fully saturated rings. The molecule has 0 radical (unpaired) electrons. The van der Waals surface area contributed by atoms with E-state index in [4.69, 9.17) is 15.2 Å². The minimum Gasteiger partial charge on any atom is -0.497 e. The third-order valence-electron chi connectivity index (χ3n) is 2.45. The molecule has 0 saturated heterocycles. The molecule has 0 spiro atoms. The molecule has 0 aromatic heterocycles.